The third-order valence-electron chi connectivity index (χ3n) is 7.24. The predicted octanol–water partition coefficient (Wildman–Crippen LogP) is 2.68. The summed E-state index contributed by atoms with van der Waals surface area (Å²) in [6, 6.07) is 6.21. The molecule has 1 aliphatic heterocycles. The van der Waals surface area contributed by atoms with Gasteiger partial charge in [0.25, 0.3) is 0 Å². The van der Waals surface area contributed by atoms with Crippen LogP contribution >= 0.6 is 0 Å². The van der Waals surface area contributed by atoms with Gasteiger partial charge in [0.05, 0.1) is 11.9 Å². The van der Waals surface area contributed by atoms with Gasteiger partial charge in [0, 0.05) is 57.1 Å². The van der Waals surface area contributed by atoms with Crippen LogP contribution in [0.2, 0.25) is 0 Å². The van der Waals surface area contributed by atoms with Gasteiger partial charge in [-0.1, -0.05) is 0 Å². The van der Waals surface area contributed by atoms with Crippen LogP contribution in [0.15, 0.2) is 36.8 Å². The average molecular weight is 446 g/mol. The maximum Gasteiger partial charge on any atom is 0.243 e. The molecule has 10 heteroatoms. The molecule has 0 unspecified atom stereocenters. The third kappa shape index (κ3) is 3.37. The maximum atomic E-state index is 11.6. The number of nitrogens with zero attached hydrogens (tertiary/aromatic N) is 7. The lowest BCUT2D eigenvalue weighted by atomic mass is 9.60. The van der Waals surface area contributed by atoms with E-state index in [0.29, 0.717) is 17.4 Å². The smallest absolute Gasteiger partial charge is 0.243 e. The Balaban J connectivity index is 1.22. The molecule has 1 aliphatic carbocycles. The number of carbonyl (C=O) groups excluding carboxylic acids is 1. The van der Waals surface area contributed by atoms with Crippen molar-refractivity contribution in [3.8, 4) is 11.3 Å². The minimum atomic E-state index is 0.187. The number of anilines is 2. The highest BCUT2D eigenvalue weighted by Crippen LogP contribution is 2.49. The van der Waals surface area contributed by atoms with Gasteiger partial charge in [-0.3, -0.25) is 4.79 Å². The number of likely N-dealkylation sites (tertiary alicyclic amines) is 1. The number of nitrogens with one attached hydrogen (secondary N) is 2. The van der Waals surface area contributed by atoms with Crippen LogP contribution in [-0.2, 0) is 4.79 Å². The largest absolute Gasteiger partial charge is 0.371 e. The van der Waals surface area contributed by atoms with Crippen molar-refractivity contribution in [1.82, 2.24) is 34.1 Å². The molecule has 0 atom stereocenters. The van der Waals surface area contributed by atoms with Crippen LogP contribution in [0.1, 0.15) is 32.6 Å². The summed E-state index contributed by atoms with van der Waals surface area (Å²) >= 11 is 0. The van der Waals surface area contributed by atoms with Crippen LogP contribution in [0.4, 0.5) is 11.8 Å². The van der Waals surface area contributed by atoms with Crippen LogP contribution in [-0.4, -0.2) is 66.2 Å². The first kappa shape index (κ1) is 20.0. The molecule has 5 heterocycles. The molecule has 1 spiro atoms. The van der Waals surface area contributed by atoms with E-state index in [4.69, 9.17) is 15.1 Å². The fraction of sp³-hybridized carbons (Fsp3) is 0.435. The van der Waals surface area contributed by atoms with Crippen molar-refractivity contribution < 1.29 is 4.79 Å². The van der Waals surface area contributed by atoms with Gasteiger partial charge >= 0.3 is 0 Å². The predicted molar refractivity (Wildman–Crippen MR) is 125 cm³/mol. The van der Waals surface area contributed by atoms with E-state index < -0.39 is 0 Å². The molecule has 33 heavy (non-hydrogen) atoms. The van der Waals surface area contributed by atoms with Crippen LogP contribution in [0.3, 0.4) is 0 Å². The molecule has 4 aromatic heterocycles. The Hall–Kier alpha value is -3.69. The van der Waals surface area contributed by atoms with Gasteiger partial charge in [-0.15, -0.1) is 5.10 Å². The third-order valence-corrected chi connectivity index (χ3v) is 7.24. The molecular weight excluding hydrogens is 418 g/mol. The second kappa shape index (κ2) is 7.43. The van der Waals surface area contributed by atoms with Crippen molar-refractivity contribution in [2.45, 2.75) is 38.6 Å². The molecule has 1 saturated heterocycles. The molecule has 0 bridgehead atoms. The van der Waals surface area contributed by atoms with Crippen molar-refractivity contribution in [3.63, 3.8) is 0 Å². The molecule has 2 fully saturated rings. The molecule has 4 aromatic rings. The molecule has 1 saturated carbocycles. The van der Waals surface area contributed by atoms with E-state index >= 15 is 0 Å². The van der Waals surface area contributed by atoms with Crippen LogP contribution in [0.5, 0.6) is 0 Å². The van der Waals surface area contributed by atoms with Crippen molar-refractivity contribution in [2.24, 2.45) is 5.41 Å². The second-order valence-electron chi connectivity index (χ2n) is 9.26. The first-order valence-corrected chi connectivity index (χ1v) is 11.4. The minimum Gasteiger partial charge on any atom is -0.371 e. The highest BCUT2D eigenvalue weighted by atomic mass is 16.2. The number of fused-ring (bicyclic) bond motifs is 2. The van der Waals surface area contributed by atoms with E-state index in [2.05, 4.69) is 15.7 Å². The number of amides is 1. The number of hydrogen-bond donors (Lipinski definition) is 2. The number of hydrogen-bond acceptors (Lipinski definition) is 7. The summed E-state index contributed by atoms with van der Waals surface area (Å²) < 4.78 is 3.60. The van der Waals surface area contributed by atoms with E-state index in [1.807, 2.05) is 47.1 Å². The molecule has 2 aliphatic rings. The zero-order valence-corrected chi connectivity index (χ0v) is 18.8. The molecule has 6 rings (SSSR count). The van der Waals surface area contributed by atoms with E-state index in [9.17, 15) is 4.79 Å². The number of piperidine rings is 1. The molecule has 0 radical (unpaired) electrons. The highest BCUT2D eigenvalue weighted by molar-refractivity contribution is 5.87. The fourth-order valence-corrected chi connectivity index (χ4v) is 5.40. The van der Waals surface area contributed by atoms with Crippen molar-refractivity contribution in [3.05, 3.63) is 36.8 Å². The number of aromatic nitrogens is 6. The van der Waals surface area contributed by atoms with Gasteiger partial charge in [-0.05, 0) is 43.2 Å². The van der Waals surface area contributed by atoms with E-state index in [1.165, 1.54) is 0 Å². The molecule has 10 nitrogen and oxygen atoms in total. The summed E-state index contributed by atoms with van der Waals surface area (Å²) in [7, 11) is 1.87. The van der Waals surface area contributed by atoms with Gasteiger partial charge in [-0.2, -0.15) is 10.1 Å². The summed E-state index contributed by atoms with van der Waals surface area (Å²) in [6.07, 6.45) is 9.96. The van der Waals surface area contributed by atoms with E-state index in [1.54, 1.807) is 17.6 Å². The highest BCUT2D eigenvalue weighted by Gasteiger charge is 2.46. The van der Waals surface area contributed by atoms with Crippen LogP contribution < -0.4 is 10.6 Å². The van der Waals surface area contributed by atoms with Crippen LogP contribution in [0.25, 0.3) is 22.4 Å². The zero-order valence-electron chi connectivity index (χ0n) is 18.8. The van der Waals surface area contributed by atoms with Crippen LogP contribution in [0, 0.1) is 5.41 Å². The zero-order chi connectivity index (χ0) is 22.6. The number of rotatable bonds is 4. The normalized spacial score (nSPS) is 18.1. The monoisotopic (exact) mass is 445 g/mol. The lowest BCUT2D eigenvalue weighted by Gasteiger charge is -2.52. The minimum absolute atomic E-state index is 0.187. The summed E-state index contributed by atoms with van der Waals surface area (Å²) in [6.45, 7) is 3.41. The molecule has 0 aromatic carbocycles. The lowest BCUT2D eigenvalue weighted by Crippen LogP contribution is -2.52. The quantitative estimate of drug-likeness (QED) is 0.498. The molecular formula is C23H27N9O. The first-order valence-electron chi connectivity index (χ1n) is 11.4. The van der Waals surface area contributed by atoms with Gasteiger partial charge < -0.3 is 15.5 Å². The summed E-state index contributed by atoms with van der Waals surface area (Å²) in [5.41, 5.74) is 3.86. The topological polar surface area (TPSA) is 105 Å². The summed E-state index contributed by atoms with van der Waals surface area (Å²) in [5.74, 6) is 1.56. The maximum absolute atomic E-state index is 11.6. The molecule has 1 amide bonds. The Morgan fingerprint density at radius 3 is 2.64 bits per heavy atom. The molecule has 2 N–H and O–H groups in total. The Bertz CT molecular complexity index is 1340. The first-order chi connectivity index (χ1) is 16.0. The number of carbonyl (C=O) groups is 1. The Morgan fingerprint density at radius 2 is 1.88 bits per heavy atom. The van der Waals surface area contributed by atoms with E-state index in [0.717, 1.165) is 67.0 Å². The lowest BCUT2D eigenvalue weighted by molar-refractivity contribution is -0.132. The second-order valence-corrected chi connectivity index (χ2v) is 9.26. The SMILES string of the molecule is CNc1nc(NC2CC3(CCN(C(C)=O)CC3)C2)nn2ccc(-c3ccn4nccc4n3)c12. The van der Waals surface area contributed by atoms with Gasteiger partial charge in [0.2, 0.25) is 11.9 Å². The Kier molecular flexibility index (Phi) is 4.49. The summed E-state index contributed by atoms with van der Waals surface area (Å²) in [5, 5.41) is 15.7. The van der Waals surface area contributed by atoms with E-state index in [-0.39, 0.29) is 5.91 Å². The summed E-state index contributed by atoms with van der Waals surface area (Å²) in [4.78, 5) is 23.1. The standard InChI is InChI=1S/C23H27N9O/c1-15(33)30-11-6-23(7-12-30)13-16(14-23)26-22-28-21(24-2)20-17(4-9-32(20)29-22)18-5-10-31-19(27-18)3-8-25-31/h3-5,8-10,16H,6-7,11-14H2,1-2H3,(H2,24,26,28,29). The van der Waals surface area contributed by atoms with Crippen molar-refractivity contribution in [1.29, 1.82) is 0 Å². The van der Waals surface area contributed by atoms with Crippen molar-refractivity contribution >= 4 is 28.8 Å². The van der Waals surface area contributed by atoms with Gasteiger partial charge in [-0.25, -0.2) is 14.0 Å². The average Bonchev–Trinajstić information content (AvgIpc) is 3.44. The Morgan fingerprint density at radius 1 is 1.09 bits per heavy atom. The van der Waals surface area contributed by atoms with Crippen molar-refractivity contribution in [2.75, 3.05) is 30.8 Å². The van der Waals surface area contributed by atoms with Gasteiger partial charge in [0.1, 0.15) is 5.52 Å². The Labute approximate surface area is 191 Å². The van der Waals surface area contributed by atoms with Gasteiger partial charge in [0.15, 0.2) is 11.5 Å². The fourth-order valence-electron chi connectivity index (χ4n) is 5.40. The molecule has 170 valence electrons.